The minimum absolute atomic E-state index is 0.122. The van der Waals surface area contributed by atoms with Gasteiger partial charge in [-0.3, -0.25) is 4.31 Å². The van der Waals surface area contributed by atoms with Gasteiger partial charge >= 0.3 is 0 Å². The zero-order valence-corrected chi connectivity index (χ0v) is 16.9. The summed E-state index contributed by atoms with van der Waals surface area (Å²) in [5, 5.41) is 0. The van der Waals surface area contributed by atoms with Crippen molar-refractivity contribution in [1.82, 2.24) is 0 Å². The van der Waals surface area contributed by atoms with Gasteiger partial charge in [-0.05, 0) is 55.5 Å². The Morgan fingerprint density at radius 2 is 1.77 bits per heavy atom. The van der Waals surface area contributed by atoms with Gasteiger partial charge in [-0.1, -0.05) is 43.7 Å². The zero-order chi connectivity index (χ0) is 19.1. The second-order valence-corrected chi connectivity index (χ2v) is 9.40. The van der Waals surface area contributed by atoms with Gasteiger partial charge in [0.1, 0.15) is 6.10 Å². The average molecular weight is 374 g/mol. The molecule has 1 unspecified atom stereocenters. The molecule has 1 atom stereocenters. The Morgan fingerprint density at radius 3 is 2.31 bits per heavy atom. The number of hydrogen-bond acceptors (Lipinski definition) is 3. The van der Waals surface area contributed by atoms with E-state index in [-0.39, 0.29) is 12.0 Å². The minimum atomic E-state index is -3.64. The minimum Gasteiger partial charge on any atom is -0.368 e. The molecule has 1 heterocycles. The molecular formula is C21H27NO3S. The zero-order valence-electron chi connectivity index (χ0n) is 16.1. The quantitative estimate of drug-likeness (QED) is 0.699. The van der Waals surface area contributed by atoms with Crippen LogP contribution in [0.4, 0.5) is 5.69 Å². The molecule has 1 fully saturated rings. The maximum absolute atomic E-state index is 13.5. The number of benzene rings is 2. The molecule has 26 heavy (non-hydrogen) atoms. The van der Waals surface area contributed by atoms with Gasteiger partial charge in [0, 0.05) is 6.54 Å². The van der Waals surface area contributed by atoms with E-state index >= 15 is 0 Å². The molecule has 1 aliphatic rings. The summed E-state index contributed by atoms with van der Waals surface area (Å²) < 4.78 is 33.9. The first-order valence-corrected chi connectivity index (χ1v) is 10.5. The van der Waals surface area contributed by atoms with Crippen molar-refractivity contribution >= 4 is 15.7 Å². The van der Waals surface area contributed by atoms with Gasteiger partial charge in [0.05, 0.1) is 17.2 Å². The van der Waals surface area contributed by atoms with E-state index in [4.69, 9.17) is 4.74 Å². The van der Waals surface area contributed by atoms with Gasteiger partial charge in [-0.25, -0.2) is 8.42 Å². The largest absolute Gasteiger partial charge is 0.368 e. The van der Waals surface area contributed by atoms with Crippen molar-refractivity contribution in [3.8, 4) is 0 Å². The summed E-state index contributed by atoms with van der Waals surface area (Å²) in [6, 6.07) is 11.4. The van der Waals surface area contributed by atoms with Crippen LogP contribution in [0.1, 0.15) is 42.2 Å². The number of epoxide rings is 1. The van der Waals surface area contributed by atoms with Gasteiger partial charge in [-0.2, -0.15) is 0 Å². The van der Waals surface area contributed by atoms with E-state index in [1.807, 2.05) is 65.0 Å². The molecule has 0 N–H and O–H groups in total. The Hall–Kier alpha value is -1.85. The SMILES string of the molecule is Cc1ccc(N(CC(C)C)S(=O)(=O)c2ccc(C3CO3)cc2C)c(C)c1. The summed E-state index contributed by atoms with van der Waals surface area (Å²) in [7, 11) is -3.64. The fourth-order valence-electron chi connectivity index (χ4n) is 3.26. The highest BCUT2D eigenvalue weighted by Crippen LogP contribution is 2.34. The van der Waals surface area contributed by atoms with Crippen LogP contribution in [0.25, 0.3) is 0 Å². The molecule has 2 aromatic rings. The summed E-state index contributed by atoms with van der Waals surface area (Å²) in [4.78, 5) is 0.363. The van der Waals surface area contributed by atoms with E-state index in [9.17, 15) is 8.42 Å². The third-order valence-electron chi connectivity index (χ3n) is 4.62. The van der Waals surface area contributed by atoms with E-state index < -0.39 is 10.0 Å². The highest BCUT2D eigenvalue weighted by atomic mass is 32.2. The summed E-state index contributed by atoms with van der Waals surface area (Å²) in [6.45, 7) is 11.1. The van der Waals surface area contributed by atoms with Gasteiger partial charge in [0.25, 0.3) is 10.0 Å². The Morgan fingerprint density at radius 1 is 1.08 bits per heavy atom. The van der Waals surface area contributed by atoms with Crippen molar-refractivity contribution in [2.75, 3.05) is 17.5 Å². The number of anilines is 1. The highest BCUT2D eigenvalue weighted by Gasteiger charge is 2.30. The van der Waals surface area contributed by atoms with Crippen molar-refractivity contribution in [2.24, 2.45) is 5.92 Å². The Kier molecular flexibility index (Phi) is 5.13. The van der Waals surface area contributed by atoms with Crippen LogP contribution in [-0.4, -0.2) is 21.6 Å². The number of rotatable bonds is 6. The van der Waals surface area contributed by atoms with E-state index in [1.54, 1.807) is 10.4 Å². The fraction of sp³-hybridized carbons (Fsp3) is 0.429. The number of nitrogens with zero attached hydrogens (tertiary/aromatic N) is 1. The third kappa shape index (κ3) is 3.79. The number of sulfonamides is 1. The molecule has 0 amide bonds. The predicted molar refractivity (Wildman–Crippen MR) is 105 cm³/mol. The molecule has 1 aliphatic heterocycles. The lowest BCUT2D eigenvalue weighted by Crippen LogP contribution is -2.35. The van der Waals surface area contributed by atoms with Gasteiger partial charge in [-0.15, -0.1) is 0 Å². The first-order chi connectivity index (χ1) is 12.2. The molecule has 0 bridgehead atoms. The Labute approximate surface area is 156 Å². The molecule has 0 aromatic heterocycles. The van der Waals surface area contributed by atoms with Crippen LogP contribution in [0, 0.1) is 26.7 Å². The lowest BCUT2D eigenvalue weighted by Gasteiger charge is -2.28. The summed E-state index contributed by atoms with van der Waals surface area (Å²) in [5.41, 5.74) is 4.64. The standard InChI is InChI=1S/C21H27NO3S/c1-14(2)12-22(19-8-6-15(3)10-16(19)4)26(23,24)21-9-7-18(11-17(21)5)20-13-25-20/h6-11,14,20H,12-13H2,1-5H3. The number of ether oxygens (including phenoxy) is 1. The van der Waals surface area contributed by atoms with E-state index in [1.165, 1.54) is 0 Å². The maximum Gasteiger partial charge on any atom is 0.264 e. The second-order valence-electron chi connectivity index (χ2n) is 7.57. The topological polar surface area (TPSA) is 49.9 Å². The van der Waals surface area contributed by atoms with Crippen LogP contribution in [0.5, 0.6) is 0 Å². The average Bonchev–Trinajstić information content (AvgIpc) is 3.37. The smallest absolute Gasteiger partial charge is 0.264 e. The second kappa shape index (κ2) is 7.05. The molecule has 2 aromatic carbocycles. The number of hydrogen-bond donors (Lipinski definition) is 0. The van der Waals surface area contributed by atoms with Crippen molar-refractivity contribution in [2.45, 2.75) is 45.6 Å². The van der Waals surface area contributed by atoms with Crippen LogP contribution in [0.2, 0.25) is 0 Å². The van der Waals surface area contributed by atoms with Crippen molar-refractivity contribution in [3.63, 3.8) is 0 Å². The lowest BCUT2D eigenvalue weighted by atomic mass is 10.1. The van der Waals surface area contributed by atoms with Crippen LogP contribution in [-0.2, 0) is 14.8 Å². The first-order valence-electron chi connectivity index (χ1n) is 9.02. The molecule has 3 rings (SSSR count). The molecule has 1 saturated heterocycles. The predicted octanol–water partition coefficient (Wildman–Crippen LogP) is 4.53. The molecule has 140 valence electrons. The van der Waals surface area contributed by atoms with Gasteiger partial charge in [0.15, 0.2) is 0 Å². The molecule has 0 saturated carbocycles. The molecule has 0 radical (unpaired) electrons. The molecule has 4 nitrogen and oxygen atoms in total. The van der Waals surface area contributed by atoms with Crippen LogP contribution >= 0.6 is 0 Å². The van der Waals surface area contributed by atoms with Crippen LogP contribution < -0.4 is 4.31 Å². The monoisotopic (exact) mass is 373 g/mol. The first kappa shape index (κ1) is 18.9. The molecule has 0 spiro atoms. The van der Waals surface area contributed by atoms with E-state index in [2.05, 4.69) is 0 Å². The van der Waals surface area contributed by atoms with Crippen LogP contribution in [0.15, 0.2) is 41.3 Å². The summed E-state index contributed by atoms with van der Waals surface area (Å²) in [5.74, 6) is 0.213. The highest BCUT2D eigenvalue weighted by molar-refractivity contribution is 7.92. The Bertz CT molecular complexity index is 915. The van der Waals surface area contributed by atoms with Crippen molar-refractivity contribution < 1.29 is 13.2 Å². The van der Waals surface area contributed by atoms with E-state index in [0.29, 0.717) is 18.0 Å². The molecule has 0 aliphatic carbocycles. The van der Waals surface area contributed by atoms with Crippen molar-refractivity contribution in [1.29, 1.82) is 0 Å². The van der Waals surface area contributed by atoms with Crippen LogP contribution in [0.3, 0.4) is 0 Å². The third-order valence-corrected chi connectivity index (χ3v) is 6.56. The van der Waals surface area contributed by atoms with Crippen molar-refractivity contribution in [3.05, 3.63) is 58.7 Å². The maximum atomic E-state index is 13.5. The van der Waals surface area contributed by atoms with Gasteiger partial charge < -0.3 is 4.74 Å². The Balaban J connectivity index is 2.07. The van der Waals surface area contributed by atoms with Gasteiger partial charge in [0.2, 0.25) is 0 Å². The lowest BCUT2D eigenvalue weighted by molar-refractivity contribution is 0.415. The molecular weight excluding hydrogens is 346 g/mol. The number of aryl methyl sites for hydroxylation is 3. The molecule has 5 heteroatoms. The fourth-order valence-corrected chi connectivity index (χ4v) is 5.17. The summed E-state index contributed by atoms with van der Waals surface area (Å²) >= 11 is 0. The van der Waals surface area contributed by atoms with E-state index in [0.717, 1.165) is 27.9 Å². The summed E-state index contributed by atoms with van der Waals surface area (Å²) in [6.07, 6.45) is 0.122. The normalized spacial score (nSPS) is 16.8.